The Morgan fingerprint density at radius 2 is 2.30 bits per heavy atom. The molecule has 2 aliphatic heterocycles. The maximum absolute atomic E-state index is 10.9. The largest absolute Gasteiger partial charge is 0.353 e. The maximum Gasteiger partial charge on any atom is 0.290 e. The number of rotatable bonds is 3. The molecule has 3 heterocycles. The topological polar surface area (TPSA) is 71.3 Å². The third-order valence-corrected chi connectivity index (χ3v) is 4.67. The molecular weight excluding hydrogens is 256 g/mol. The first kappa shape index (κ1) is 13.3. The van der Waals surface area contributed by atoms with Crippen LogP contribution in [0.2, 0.25) is 0 Å². The lowest BCUT2D eigenvalue weighted by atomic mass is 9.93. The lowest BCUT2D eigenvalue weighted by molar-refractivity contribution is -0.385. The number of aromatic nitrogens is 1. The zero-order valence-corrected chi connectivity index (χ0v) is 11.9. The fourth-order valence-electron chi connectivity index (χ4n) is 3.70. The highest BCUT2D eigenvalue weighted by atomic mass is 16.6. The summed E-state index contributed by atoms with van der Waals surface area (Å²) in [6, 6.07) is 3.86. The van der Waals surface area contributed by atoms with Crippen LogP contribution in [0.25, 0.3) is 0 Å². The Labute approximate surface area is 118 Å². The highest BCUT2D eigenvalue weighted by Crippen LogP contribution is 2.37. The second-order valence-electron chi connectivity index (χ2n) is 5.74. The van der Waals surface area contributed by atoms with Crippen molar-refractivity contribution in [1.29, 1.82) is 0 Å². The molecule has 1 aromatic heterocycles. The Morgan fingerprint density at radius 3 is 2.95 bits per heavy atom. The Morgan fingerprint density at radius 1 is 1.50 bits per heavy atom. The van der Waals surface area contributed by atoms with E-state index in [2.05, 4.69) is 22.1 Å². The Kier molecular flexibility index (Phi) is 3.33. The summed E-state index contributed by atoms with van der Waals surface area (Å²) in [7, 11) is 0. The van der Waals surface area contributed by atoms with Gasteiger partial charge in [0.2, 0.25) is 0 Å². The van der Waals surface area contributed by atoms with E-state index in [1.165, 1.54) is 0 Å². The van der Waals surface area contributed by atoms with E-state index < -0.39 is 0 Å². The highest BCUT2D eigenvalue weighted by molar-refractivity contribution is 5.49. The van der Waals surface area contributed by atoms with Crippen LogP contribution in [0.3, 0.4) is 0 Å². The molecule has 2 saturated heterocycles. The van der Waals surface area contributed by atoms with Crippen molar-refractivity contribution in [1.82, 2.24) is 10.3 Å². The van der Waals surface area contributed by atoms with Crippen LogP contribution in [0.5, 0.6) is 0 Å². The van der Waals surface area contributed by atoms with Gasteiger partial charge in [-0.25, -0.2) is 4.98 Å². The Balaban J connectivity index is 1.89. The summed E-state index contributed by atoms with van der Waals surface area (Å²) < 4.78 is 0. The molecule has 6 nitrogen and oxygen atoms in total. The first-order valence-electron chi connectivity index (χ1n) is 7.21. The van der Waals surface area contributed by atoms with Crippen molar-refractivity contribution >= 4 is 11.5 Å². The van der Waals surface area contributed by atoms with Crippen molar-refractivity contribution in [2.24, 2.45) is 11.8 Å². The summed E-state index contributed by atoms with van der Waals surface area (Å²) >= 11 is 0. The summed E-state index contributed by atoms with van der Waals surface area (Å²) in [5.74, 6) is 2.24. The van der Waals surface area contributed by atoms with Gasteiger partial charge in [0.1, 0.15) is 11.5 Å². The second kappa shape index (κ2) is 5.01. The van der Waals surface area contributed by atoms with E-state index >= 15 is 0 Å². The fourth-order valence-corrected chi connectivity index (χ4v) is 3.70. The molecule has 0 spiro atoms. The molecule has 0 bridgehead atoms. The molecule has 2 fully saturated rings. The molecule has 1 aromatic rings. The van der Waals surface area contributed by atoms with Gasteiger partial charge >= 0.3 is 0 Å². The quantitative estimate of drug-likeness (QED) is 0.672. The van der Waals surface area contributed by atoms with E-state index in [1.807, 2.05) is 0 Å². The first-order valence-corrected chi connectivity index (χ1v) is 7.21. The fraction of sp³-hybridized carbons (Fsp3) is 0.643. The van der Waals surface area contributed by atoms with Crippen LogP contribution in [0.4, 0.5) is 11.5 Å². The molecule has 3 rings (SSSR count). The molecular formula is C14H20N4O2. The van der Waals surface area contributed by atoms with Gasteiger partial charge in [-0.2, -0.15) is 0 Å². The van der Waals surface area contributed by atoms with Crippen LogP contribution in [0.15, 0.2) is 12.1 Å². The zero-order valence-electron chi connectivity index (χ0n) is 11.9. The van der Waals surface area contributed by atoms with Crippen LogP contribution in [0.1, 0.15) is 19.0 Å². The molecule has 20 heavy (non-hydrogen) atoms. The van der Waals surface area contributed by atoms with Gasteiger partial charge in [-0.3, -0.25) is 10.1 Å². The SMILES string of the molecule is CCC1C2CNCC2CN1c1ccc([N+](=O)[O-])c(C)n1. The number of fused-ring (bicyclic) bond motifs is 1. The normalized spacial score (nSPS) is 28.7. The Bertz CT molecular complexity index is 534. The molecule has 0 radical (unpaired) electrons. The van der Waals surface area contributed by atoms with Gasteiger partial charge in [-0.1, -0.05) is 6.92 Å². The predicted octanol–water partition coefficient (Wildman–Crippen LogP) is 1.73. The van der Waals surface area contributed by atoms with Gasteiger partial charge in [0, 0.05) is 31.7 Å². The minimum absolute atomic E-state index is 0.0999. The van der Waals surface area contributed by atoms with E-state index in [9.17, 15) is 10.1 Å². The van der Waals surface area contributed by atoms with Gasteiger partial charge < -0.3 is 10.2 Å². The highest BCUT2D eigenvalue weighted by Gasteiger charge is 2.43. The van der Waals surface area contributed by atoms with Crippen LogP contribution in [-0.2, 0) is 0 Å². The standard InChI is InChI=1S/C14H20N4O2/c1-3-12-11-7-15-6-10(11)8-17(12)14-5-4-13(18(19)20)9(2)16-14/h4-5,10-12,15H,3,6-8H2,1-2H3. The number of hydrogen-bond acceptors (Lipinski definition) is 5. The van der Waals surface area contributed by atoms with Crippen LogP contribution >= 0.6 is 0 Å². The molecule has 0 aromatic carbocycles. The molecule has 108 valence electrons. The third kappa shape index (κ3) is 2.04. The number of nitrogens with one attached hydrogen (secondary N) is 1. The van der Waals surface area contributed by atoms with Crippen LogP contribution < -0.4 is 10.2 Å². The number of nitro groups is 1. The van der Waals surface area contributed by atoms with Gasteiger partial charge in [0.05, 0.1) is 4.92 Å². The molecule has 3 unspecified atom stereocenters. The monoisotopic (exact) mass is 276 g/mol. The number of hydrogen-bond donors (Lipinski definition) is 1. The molecule has 6 heteroatoms. The molecule has 1 N–H and O–H groups in total. The number of nitrogens with zero attached hydrogens (tertiary/aromatic N) is 3. The van der Waals surface area contributed by atoms with Crippen LogP contribution in [-0.4, -0.2) is 35.6 Å². The molecule has 0 amide bonds. The van der Waals surface area contributed by atoms with Crippen molar-refractivity contribution in [2.75, 3.05) is 24.5 Å². The summed E-state index contributed by atoms with van der Waals surface area (Å²) in [6.45, 7) is 7.06. The van der Waals surface area contributed by atoms with Crippen molar-refractivity contribution < 1.29 is 4.92 Å². The molecule has 0 saturated carbocycles. The number of pyridine rings is 1. The molecule has 2 aliphatic rings. The van der Waals surface area contributed by atoms with E-state index in [1.54, 1.807) is 19.1 Å². The van der Waals surface area contributed by atoms with E-state index in [-0.39, 0.29) is 10.6 Å². The summed E-state index contributed by atoms with van der Waals surface area (Å²) in [6.07, 6.45) is 1.08. The van der Waals surface area contributed by atoms with Crippen LogP contribution in [0, 0.1) is 28.9 Å². The van der Waals surface area contributed by atoms with Gasteiger partial charge in [-0.15, -0.1) is 0 Å². The summed E-state index contributed by atoms with van der Waals surface area (Å²) in [4.78, 5) is 17.3. The van der Waals surface area contributed by atoms with Gasteiger partial charge in [0.15, 0.2) is 0 Å². The lowest BCUT2D eigenvalue weighted by Gasteiger charge is -2.28. The summed E-state index contributed by atoms with van der Waals surface area (Å²) in [5.41, 5.74) is 0.598. The third-order valence-electron chi connectivity index (χ3n) is 4.67. The zero-order chi connectivity index (χ0) is 14.3. The van der Waals surface area contributed by atoms with Gasteiger partial charge in [-0.05, 0) is 31.2 Å². The average molecular weight is 276 g/mol. The van der Waals surface area contributed by atoms with Gasteiger partial charge in [0.25, 0.3) is 5.69 Å². The minimum Gasteiger partial charge on any atom is -0.353 e. The maximum atomic E-state index is 10.9. The van der Waals surface area contributed by atoms with Crippen molar-refractivity contribution in [3.05, 3.63) is 27.9 Å². The molecule has 3 atom stereocenters. The molecule has 0 aliphatic carbocycles. The van der Waals surface area contributed by atoms with E-state index in [4.69, 9.17) is 0 Å². The number of anilines is 1. The smallest absolute Gasteiger partial charge is 0.290 e. The second-order valence-corrected chi connectivity index (χ2v) is 5.74. The van der Waals surface area contributed by atoms with E-state index in [0.29, 0.717) is 23.6 Å². The predicted molar refractivity (Wildman–Crippen MR) is 76.9 cm³/mol. The Hall–Kier alpha value is -1.69. The summed E-state index contributed by atoms with van der Waals surface area (Å²) in [5, 5.41) is 14.3. The van der Waals surface area contributed by atoms with Crippen molar-refractivity contribution in [3.63, 3.8) is 0 Å². The number of aryl methyl sites for hydroxylation is 1. The average Bonchev–Trinajstić information content (AvgIpc) is 2.97. The van der Waals surface area contributed by atoms with E-state index in [0.717, 1.165) is 31.9 Å². The van der Waals surface area contributed by atoms with Crippen molar-refractivity contribution in [2.45, 2.75) is 26.3 Å². The lowest BCUT2D eigenvalue weighted by Crippen LogP contribution is -2.35. The minimum atomic E-state index is -0.369. The first-order chi connectivity index (χ1) is 9.61. The van der Waals surface area contributed by atoms with Crippen molar-refractivity contribution in [3.8, 4) is 0 Å².